The van der Waals surface area contributed by atoms with Crippen LogP contribution < -0.4 is 5.32 Å². The Kier molecular flexibility index (Phi) is 5.84. The zero-order valence-electron chi connectivity index (χ0n) is 12.5. The number of halogens is 1. The molecule has 0 aliphatic heterocycles. The molecule has 0 saturated heterocycles. The topological polar surface area (TPSA) is 73.1 Å². The van der Waals surface area contributed by atoms with Crippen molar-refractivity contribution in [2.45, 2.75) is 18.9 Å². The van der Waals surface area contributed by atoms with Gasteiger partial charge in [0.25, 0.3) is 0 Å². The van der Waals surface area contributed by atoms with Crippen molar-refractivity contribution in [1.29, 1.82) is 5.26 Å². The molecule has 1 atom stereocenters. The van der Waals surface area contributed by atoms with E-state index in [1.165, 1.54) is 24.3 Å². The van der Waals surface area contributed by atoms with Gasteiger partial charge in [-0.3, -0.25) is 4.79 Å². The van der Waals surface area contributed by atoms with E-state index in [9.17, 15) is 14.3 Å². The van der Waals surface area contributed by atoms with Gasteiger partial charge < -0.3 is 10.4 Å². The van der Waals surface area contributed by atoms with Crippen molar-refractivity contribution in [1.82, 2.24) is 5.32 Å². The summed E-state index contributed by atoms with van der Waals surface area (Å²) in [7, 11) is 0. The van der Waals surface area contributed by atoms with E-state index >= 15 is 0 Å². The minimum Gasteiger partial charge on any atom is -0.387 e. The van der Waals surface area contributed by atoms with Crippen LogP contribution in [0.4, 0.5) is 4.39 Å². The number of nitriles is 1. The molecule has 0 aromatic heterocycles. The second-order valence-electron chi connectivity index (χ2n) is 5.15. The number of aliphatic hydroxyl groups excluding tert-OH is 1. The number of aliphatic hydroxyl groups is 1. The molecule has 4 nitrogen and oxygen atoms in total. The summed E-state index contributed by atoms with van der Waals surface area (Å²) in [5.41, 5.74) is 2.16. The van der Waals surface area contributed by atoms with Gasteiger partial charge >= 0.3 is 0 Å². The van der Waals surface area contributed by atoms with Gasteiger partial charge in [-0.15, -0.1) is 0 Å². The maximum Gasteiger partial charge on any atom is 0.224 e. The van der Waals surface area contributed by atoms with Gasteiger partial charge in [0.05, 0.1) is 25.0 Å². The Morgan fingerprint density at radius 3 is 2.48 bits per heavy atom. The van der Waals surface area contributed by atoms with Crippen LogP contribution in [-0.4, -0.2) is 17.6 Å². The zero-order chi connectivity index (χ0) is 16.7. The highest BCUT2D eigenvalue weighted by molar-refractivity contribution is 5.79. The Morgan fingerprint density at radius 1 is 1.17 bits per heavy atom. The number of hydrogen-bond acceptors (Lipinski definition) is 3. The average Bonchev–Trinajstić information content (AvgIpc) is 2.55. The van der Waals surface area contributed by atoms with Gasteiger partial charge in [0, 0.05) is 6.54 Å². The molecule has 0 saturated carbocycles. The Balaban J connectivity index is 1.90. The molecule has 1 unspecified atom stereocenters. The summed E-state index contributed by atoms with van der Waals surface area (Å²) >= 11 is 0. The molecule has 5 heteroatoms. The van der Waals surface area contributed by atoms with E-state index in [4.69, 9.17) is 5.26 Å². The molecule has 0 radical (unpaired) electrons. The predicted molar refractivity (Wildman–Crippen MR) is 83.8 cm³/mol. The van der Waals surface area contributed by atoms with Crippen molar-refractivity contribution >= 4 is 5.91 Å². The molecule has 23 heavy (non-hydrogen) atoms. The summed E-state index contributed by atoms with van der Waals surface area (Å²) in [5, 5.41) is 21.4. The fourth-order valence-corrected chi connectivity index (χ4v) is 2.24. The van der Waals surface area contributed by atoms with Gasteiger partial charge in [-0.1, -0.05) is 36.4 Å². The third-order valence-electron chi connectivity index (χ3n) is 3.49. The number of nitrogens with one attached hydrogen (secondary N) is 1. The van der Waals surface area contributed by atoms with Crippen LogP contribution in [0.5, 0.6) is 0 Å². The van der Waals surface area contributed by atoms with E-state index in [0.717, 1.165) is 11.1 Å². The van der Waals surface area contributed by atoms with Gasteiger partial charge in [-0.25, -0.2) is 4.39 Å². The van der Waals surface area contributed by atoms with E-state index in [0.29, 0.717) is 5.56 Å². The third-order valence-corrected chi connectivity index (χ3v) is 3.49. The van der Waals surface area contributed by atoms with Crippen molar-refractivity contribution in [2.75, 3.05) is 6.54 Å². The molecule has 2 aromatic carbocycles. The van der Waals surface area contributed by atoms with Crippen molar-refractivity contribution in [3.05, 3.63) is 71.0 Å². The third kappa shape index (κ3) is 4.90. The fraction of sp³-hybridized carbons (Fsp3) is 0.222. The lowest BCUT2D eigenvalue weighted by molar-refractivity contribution is -0.120. The summed E-state index contributed by atoms with van der Waals surface area (Å²) in [6.45, 7) is 0.0465. The first-order valence-corrected chi connectivity index (χ1v) is 7.24. The van der Waals surface area contributed by atoms with E-state index in [1.54, 1.807) is 0 Å². The van der Waals surface area contributed by atoms with Crippen LogP contribution in [0.25, 0.3) is 0 Å². The second kappa shape index (κ2) is 8.06. The molecule has 1 amide bonds. The lowest BCUT2D eigenvalue weighted by Gasteiger charge is -2.13. The Labute approximate surface area is 134 Å². The summed E-state index contributed by atoms with van der Waals surface area (Å²) in [5.74, 6) is -0.615. The summed E-state index contributed by atoms with van der Waals surface area (Å²) < 4.78 is 12.8. The molecule has 0 spiro atoms. The lowest BCUT2D eigenvalue weighted by atomic mass is 10.0. The van der Waals surface area contributed by atoms with Gasteiger partial charge in [-0.2, -0.15) is 5.26 Å². The van der Waals surface area contributed by atoms with Crippen LogP contribution in [-0.2, 0) is 17.6 Å². The Hall–Kier alpha value is -2.71. The normalized spacial score (nSPS) is 11.5. The Bertz CT molecular complexity index is 708. The molecule has 0 aliphatic rings. The number of carbonyl (C=O) groups is 1. The highest BCUT2D eigenvalue weighted by atomic mass is 19.1. The Morgan fingerprint density at radius 2 is 1.83 bits per heavy atom. The lowest BCUT2D eigenvalue weighted by Crippen LogP contribution is -2.29. The molecule has 0 fully saturated rings. The number of amides is 1. The van der Waals surface area contributed by atoms with Crippen molar-refractivity contribution in [3.8, 4) is 6.07 Å². The summed E-state index contributed by atoms with van der Waals surface area (Å²) in [6.07, 6.45) is -0.496. The van der Waals surface area contributed by atoms with Crippen LogP contribution in [0.3, 0.4) is 0 Å². The highest BCUT2D eigenvalue weighted by Crippen LogP contribution is 2.13. The van der Waals surface area contributed by atoms with Crippen molar-refractivity contribution in [2.24, 2.45) is 0 Å². The second-order valence-corrected chi connectivity index (χ2v) is 5.15. The maximum absolute atomic E-state index is 12.8. The van der Waals surface area contributed by atoms with Gasteiger partial charge in [-0.05, 0) is 28.8 Å². The van der Waals surface area contributed by atoms with Gasteiger partial charge in [0.1, 0.15) is 5.82 Å². The van der Waals surface area contributed by atoms with E-state index in [2.05, 4.69) is 11.4 Å². The van der Waals surface area contributed by atoms with Crippen LogP contribution in [0.15, 0.2) is 48.5 Å². The molecule has 118 valence electrons. The fourth-order valence-electron chi connectivity index (χ4n) is 2.24. The molecule has 0 aliphatic carbocycles. The first-order chi connectivity index (χ1) is 11.1. The molecule has 0 heterocycles. The van der Waals surface area contributed by atoms with E-state index in [-0.39, 0.29) is 31.1 Å². The average molecular weight is 312 g/mol. The van der Waals surface area contributed by atoms with Crippen molar-refractivity contribution < 1.29 is 14.3 Å². The van der Waals surface area contributed by atoms with E-state index in [1.807, 2.05) is 24.3 Å². The SMILES string of the molecule is N#CCc1ccccc1CC(=O)NCC(O)c1ccc(F)cc1. The van der Waals surface area contributed by atoms with Crippen LogP contribution >= 0.6 is 0 Å². The summed E-state index contributed by atoms with van der Waals surface area (Å²) in [6, 6.07) is 14.8. The number of carbonyl (C=O) groups excluding carboxylic acids is 1. The van der Waals surface area contributed by atoms with E-state index < -0.39 is 6.10 Å². The number of benzene rings is 2. The highest BCUT2D eigenvalue weighted by Gasteiger charge is 2.11. The zero-order valence-corrected chi connectivity index (χ0v) is 12.5. The van der Waals surface area contributed by atoms with Crippen molar-refractivity contribution in [3.63, 3.8) is 0 Å². The van der Waals surface area contributed by atoms with Gasteiger partial charge in [0.2, 0.25) is 5.91 Å². The first kappa shape index (κ1) is 16.7. The molecular formula is C18H17FN2O2. The quantitative estimate of drug-likeness (QED) is 0.859. The number of rotatable bonds is 6. The molecule has 0 bridgehead atoms. The maximum atomic E-state index is 12.8. The van der Waals surface area contributed by atoms with Crippen LogP contribution in [0.1, 0.15) is 22.8 Å². The monoisotopic (exact) mass is 312 g/mol. The predicted octanol–water partition coefficient (Wildman–Crippen LogP) is 2.28. The molecular weight excluding hydrogens is 295 g/mol. The van der Waals surface area contributed by atoms with Gasteiger partial charge in [0.15, 0.2) is 0 Å². The minimum atomic E-state index is -0.895. The number of hydrogen-bond donors (Lipinski definition) is 2. The molecule has 2 rings (SSSR count). The standard InChI is InChI=1S/C18H17FN2O2/c19-16-7-5-14(6-8-16)17(22)12-21-18(23)11-15-4-2-1-3-13(15)9-10-20/h1-8,17,22H,9,11-12H2,(H,21,23). The van der Waals surface area contributed by atoms with Crippen LogP contribution in [0, 0.1) is 17.1 Å². The largest absolute Gasteiger partial charge is 0.387 e. The van der Waals surface area contributed by atoms with Crippen LogP contribution in [0.2, 0.25) is 0 Å². The minimum absolute atomic E-state index is 0.0465. The molecule has 2 aromatic rings. The molecule has 2 N–H and O–H groups in total. The smallest absolute Gasteiger partial charge is 0.224 e. The summed E-state index contributed by atoms with van der Waals surface area (Å²) in [4.78, 5) is 12.0. The number of nitrogens with zero attached hydrogens (tertiary/aromatic N) is 1. The first-order valence-electron chi connectivity index (χ1n) is 7.24.